The van der Waals surface area contributed by atoms with Gasteiger partial charge in [-0.05, 0) is 6.07 Å². The summed E-state index contributed by atoms with van der Waals surface area (Å²) < 4.78 is 15.8. The number of aromatic nitrogens is 2. The summed E-state index contributed by atoms with van der Waals surface area (Å²) >= 11 is 0. The van der Waals surface area contributed by atoms with Crippen molar-refractivity contribution < 1.29 is 19.1 Å². The Morgan fingerprint density at radius 2 is 1.78 bits per heavy atom. The van der Waals surface area contributed by atoms with Gasteiger partial charge in [0.25, 0.3) is 0 Å². The van der Waals surface area contributed by atoms with Crippen LogP contribution in [0.25, 0.3) is 0 Å². The Kier molecular flexibility index (Phi) is 5.29. The fourth-order valence-corrected chi connectivity index (χ4v) is 1.90. The molecule has 0 bridgehead atoms. The zero-order valence-electron chi connectivity index (χ0n) is 13.1. The third kappa shape index (κ3) is 4.29. The van der Waals surface area contributed by atoms with Crippen molar-refractivity contribution in [3.05, 3.63) is 46.0 Å². The van der Waals surface area contributed by atoms with Crippen LogP contribution in [0.3, 0.4) is 0 Å². The minimum atomic E-state index is -0.722. The van der Waals surface area contributed by atoms with E-state index in [1.807, 2.05) is 0 Å². The maximum absolute atomic E-state index is 10.8. The summed E-state index contributed by atoms with van der Waals surface area (Å²) in [4.78, 5) is 18.7. The predicted molar refractivity (Wildman–Crippen MR) is 81.8 cm³/mol. The van der Waals surface area contributed by atoms with Crippen LogP contribution in [0.4, 0.5) is 0 Å². The van der Waals surface area contributed by atoms with Gasteiger partial charge in [0.2, 0.25) is 17.8 Å². The Hall–Kier alpha value is -2.90. The molecule has 1 atom stereocenters. The summed E-state index contributed by atoms with van der Waals surface area (Å²) in [5.74, 6) is 1.04. The standard InChI is InChI=1S/C15H17N3O5/c1-10(18(19)20)8-11-6-4-5-7-12(11)23-15-16-13(21-2)9-14(17-15)22-3/h4-7,9-10H,8H2,1-3H3. The fourth-order valence-electron chi connectivity index (χ4n) is 1.90. The van der Waals surface area contributed by atoms with E-state index in [0.29, 0.717) is 23.1 Å². The lowest BCUT2D eigenvalue weighted by atomic mass is 10.1. The van der Waals surface area contributed by atoms with Gasteiger partial charge in [-0.1, -0.05) is 18.2 Å². The highest BCUT2D eigenvalue weighted by Crippen LogP contribution is 2.27. The van der Waals surface area contributed by atoms with Crippen molar-refractivity contribution >= 4 is 0 Å². The van der Waals surface area contributed by atoms with Gasteiger partial charge in [0.1, 0.15) is 5.75 Å². The molecule has 2 aromatic rings. The maximum atomic E-state index is 10.8. The Morgan fingerprint density at radius 3 is 2.35 bits per heavy atom. The van der Waals surface area contributed by atoms with Crippen LogP contribution < -0.4 is 14.2 Å². The Morgan fingerprint density at radius 1 is 1.17 bits per heavy atom. The highest BCUT2D eigenvalue weighted by Gasteiger charge is 2.17. The topological polar surface area (TPSA) is 96.6 Å². The molecule has 0 spiro atoms. The first kappa shape index (κ1) is 16.5. The normalized spacial score (nSPS) is 11.6. The number of para-hydroxylation sites is 1. The molecule has 0 N–H and O–H groups in total. The average Bonchev–Trinajstić information content (AvgIpc) is 2.56. The van der Waals surface area contributed by atoms with Crippen molar-refractivity contribution in [2.24, 2.45) is 0 Å². The number of hydrogen-bond donors (Lipinski definition) is 0. The lowest BCUT2D eigenvalue weighted by molar-refractivity contribution is -0.517. The lowest BCUT2D eigenvalue weighted by Crippen LogP contribution is -2.18. The molecule has 0 aliphatic rings. The number of rotatable bonds is 7. The van der Waals surface area contributed by atoms with Crippen LogP contribution in [-0.4, -0.2) is 35.2 Å². The van der Waals surface area contributed by atoms with Crippen molar-refractivity contribution in [2.75, 3.05) is 14.2 Å². The van der Waals surface area contributed by atoms with Gasteiger partial charge < -0.3 is 14.2 Å². The van der Waals surface area contributed by atoms with Gasteiger partial charge >= 0.3 is 6.01 Å². The van der Waals surface area contributed by atoms with Crippen LogP contribution in [0.2, 0.25) is 0 Å². The second-order valence-corrected chi connectivity index (χ2v) is 4.78. The van der Waals surface area contributed by atoms with Gasteiger partial charge in [-0.3, -0.25) is 10.1 Å². The third-order valence-electron chi connectivity index (χ3n) is 3.13. The van der Waals surface area contributed by atoms with E-state index in [9.17, 15) is 10.1 Å². The molecule has 2 rings (SSSR count). The highest BCUT2D eigenvalue weighted by atomic mass is 16.6. The summed E-state index contributed by atoms with van der Waals surface area (Å²) in [6, 6.07) is 7.88. The minimum absolute atomic E-state index is 0.0439. The molecule has 0 aliphatic heterocycles. The van der Waals surface area contributed by atoms with Crippen LogP contribution in [0.1, 0.15) is 12.5 Å². The van der Waals surface area contributed by atoms with Crippen LogP contribution in [-0.2, 0) is 6.42 Å². The van der Waals surface area contributed by atoms with Gasteiger partial charge in [-0.25, -0.2) is 0 Å². The van der Waals surface area contributed by atoms with Crippen molar-refractivity contribution in [2.45, 2.75) is 19.4 Å². The van der Waals surface area contributed by atoms with Gasteiger partial charge in [0.15, 0.2) is 0 Å². The van der Waals surface area contributed by atoms with E-state index >= 15 is 0 Å². The first-order valence-electron chi connectivity index (χ1n) is 6.89. The molecule has 0 saturated heterocycles. The molecule has 23 heavy (non-hydrogen) atoms. The molecule has 0 amide bonds. The maximum Gasteiger partial charge on any atom is 0.328 e. The first-order valence-corrected chi connectivity index (χ1v) is 6.89. The zero-order valence-corrected chi connectivity index (χ0v) is 13.1. The van der Waals surface area contributed by atoms with E-state index in [-0.39, 0.29) is 17.4 Å². The molecule has 0 radical (unpaired) electrons. The van der Waals surface area contributed by atoms with E-state index in [1.165, 1.54) is 20.3 Å². The van der Waals surface area contributed by atoms with Crippen LogP contribution in [0, 0.1) is 10.1 Å². The molecule has 1 aromatic carbocycles. The monoisotopic (exact) mass is 319 g/mol. The molecule has 0 aliphatic carbocycles. The Balaban J connectivity index is 2.28. The molecule has 1 aromatic heterocycles. The molecule has 1 heterocycles. The minimum Gasteiger partial charge on any atom is -0.481 e. The second-order valence-electron chi connectivity index (χ2n) is 4.78. The van der Waals surface area contributed by atoms with Crippen molar-refractivity contribution in [1.29, 1.82) is 0 Å². The molecule has 0 saturated carbocycles. The molecular weight excluding hydrogens is 302 g/mol. The van der Waals surface area contributed by atoms with Gasteiger partial charge in [0.05, 0.1) is 20.3 Å². The summed E-state index contributed by atoms with van der Waals surface area (Å²) in [5.41, 5.74) is 0.696. The van der Waals surface area contributed by atoms with E-state index < -0.39 is 6.04 Å². The summed E-state index contributed by atoms with van der Waals surface area (Å²) in [7, 11) is 2.94. The number of benzene rings is 1. The van der Waals surface area contributed by atoms with Crippen molar-refractivity contribution in [3.63, 3.8) is 0 Å². The largest absolute Gasteiger partial charge is 0.481 e. The van der Waals surface area contributed by atoms with Crippen LogP contribution >= 0.6 is 0 Å². The molecule has 8 nitrogen and oxygen atoms in total. The second kappa shape index (κ2) is 7.39. The molecular formula is C15H17N3O5. The Labute approximate surface area is 133 Å². The number of nitrogens with zero attached hydrogens (tertiary/aromatic N) is 3. The Bertz CT molecular complexity index is 670. The highest BCUT2D eigenvalue weighted by molar-refractivity contribution is 5.36. The van der Waals surface area contributed by atoms with Crippen molar-refractivity contribution in [3.8, 4) is 23.5 Å². The summed E-state index contributed by atoms with van der Waals surface area (Å²) in [6.07, 6.45) is 0.240. The van der Waals surface area contributed by atoms with Crippen molar-refractivity contribution in [1.82, 2.24) is 9.97 Å². The number of ether oxygens (including phenoxy) is 3. The quantitative estimate of drug-likeness (QED) is 0.571. The van der Waals surface area contributed by atoms with E-state index in [4.69, 9.17) is 14.2 Å². The zero-order chi connectivity index (χ0) is 16.8. The van der Waals surface area contributed by atoms with Gasteiger partial charge in [0, 0.05) is 23.8 Å². The average molecular weight is 319 g/mol. The molecule has 8 heteroatoms. The molecule has 122 valence electrons. The smallest absolute Gasteiger partial charge is 0.328 e. The SMILES string of the molecule is COc1cc(OC)nc(Oc2ccccc2CC(C)[N+](=O)[O-])n1. The molecule has 0 fully saturated rings. The van der Waals surface area contributed by atoms with Gasteiger partial charge in [-0.2, -0.15) is 9.97 Å². The predicted octanol–water partition coefficient (Wildman–Crippen LogP) is 2.49. The van der Waals surface area contributed by atoms with E-state index in [0.717, 1.165) is 0 Å². The van der Waals surface area contributed by atoms with Crippen LogP contribution in [0.5, 0.6) is 23.5 Å². The molecule has 1 unspecified atom stereocenters. The van der Waals surface area contributed by atoms with Gasteiger partial charge in [-0.15, -0.1) is 0 Å². The number of nitro groups is 1. The first-order chi connectivity index (χ1) is 11.0. The fraction of sp³-hybridized carbons (Fsp3) is 0.333. The number of methoxy groups -OCH3 is 2. The lowest BCUT2D eigenvalue weighted by Gasteiger charge is -2.11. The van der Waals surface area contributed by atoms with E-state index in [2.05, 4.69) is 9.97 Å². The third-order valence-corrected chi connectivity index (χ3v) is 3.13. The summed E-state index contributed by atoms with van der Waals surface area (Å²) in [5, 5.41) is 10.8. The van der Waals surface area contributed by atoms with E-state index in [1.54, 1.807) is 31.2 Å². The summed E-state index contributed by atoms with van der Waals surface area (Å²) in [6.45, 7) is 1.54. The van der Waals surface area contributed by atoms with Crippen LogP contribution in [0.15, 0.2) is 30.3 Å². The number of hydrogen-bond acceptors (Lipinski definition) is 7.